The summed E-state index contributed by atoms with van der Waals surface area (Å²) in [4.78, 5) is 0. The summed E-state index contributed by atoms with van der Waals surface area (Å²) in [7, 11) is 0. The van der Waals surface area contributed by atoms with Crippen molar-refractivity contribution >= 4 is 12.4 Å². The topological polar surface area (TPSA) is 12.0 Å². The van der Waals surface area contributed by atoms with E-state index in [0.717, 1.165) is 11.8 Å². The lowest BCUT2D eigenvalue weighted by Gasteiger charge is -2.38. The summed E-state index contributed by atoms with van der Waals surface area (Å²) in [6.07, 6.45) is 5.55. The van der Waals surface area contributed by atoms with Gasteiger partial charge in [-0.1, -0.05) is 25.1 Å². The molecule has 1 aromatic rings. The molecule has 1 nitrogen and oxygen atoms in total. The van der Waals surface area contributed by atoms with Gasteiger partial charge in [-0.25, -0.2) is 0 Å². The predicted octanol–water partition coefficient (Wildman–Crippen LogP) is 3.63. The third-order valence-electron chi connectivity index (χ3n) is 5.31. The second-order valence-electron chi connectivity index (χ2n) is 6.53. The van der Waals surface area contributed by atoms with Crippen molar-refractivity contribution in [2.75, 3.05) is 13.1 Å². The molecule has 0 amide bonds. The minimum absolute atomic E-state index is 0. The van der Waals surface area contributed by atoms with Gasteiger partial charge in [-0.3, -0.25) is 0 Å². The molecule has 0 radical (unpaired) electrons. The molecule has 3 aliphatic rings. The van der Waals surface area contributed by atoms with E-state index < -0.39 is 0 Å². The van der Waals surface area contributed by atoms with Gasteiger partial charge >= 0.3 is 0 Å². The molecule has 4 rings (SSSR count). The summed E-state index contributed by atoms with van der Waals surface area (Å²) in [6, 6.07) is 7.09. The molecule has 18 heavy (non-hydrogen) atoms. The minimum atomic E-state index is 0. The highest BCUT2D eigenvalue weighted by atomic mass is 35.5. The molecule has 0 aromatic heterocycles. The Morgan fingerprint density at radius 2 is 2.00 bits per heavy atom. The van der Waals surface area contributed by atoms with E-state index in [1.54, 1.807) is 16.7 Å². The molecule has 1 aliphatic heterocycles. The molecule has 0 bridgehead atoms. The van der Waals surface area contributed by atoms with Gasteiger partial charge in [-0.05, 0) is 53.7 Å². The minimum Gasteiger partial charge on any atom is -0.316 e. The Labute approximate surface area is 116 Å². The van der Waals surface area contributed by atoms with Crippen molar-refractivity contribution < 1.29 is 0 Å². The third-order valence-corrected chi connectivity index (χ3v) is 5.31. The van der Waals surface area contributed by atoms with Crippen LogP contribution in [0.15, 0.2) is 18.2 Å². The highest BCUT2D eigenvalue weighted by molar-refractivity contribution is 5.85. The van der Waals surface area contributed by atoms with Crippen LogP contribution in [0.3, 0.4) is 0 Å². The van der Waals surface area contributed by atoms with E-state index in [0.29, 0.717) is 5.41 Å². The molecule has 2 fully saturated rings. The van der Waals surface area contributed by atoms with Gasteiger partial charge < -0.3 is 5.32 Å². The monoisotopic (exact) mass is 263 g/mol. The molecule has 1 N–H and O–H groups in total. The highest BCUT2D eigenvalue weighted by Crippen LogP contribution is 2.51. The SMILES string of the molecule is C[C@@]12CCc3c(C4CC4)cccc3[C@@H]1CNC2.Cl. The van der Waals surface area contributed by atoms with Crippen LogP contribution in [-0.2, 0) is 6.42 Å². The standard InChI is InChI=1S/C16H21N.ClH/c1-16-8-7-13-12(11-5-6-11)3-2-4-14(13)15(16)9-17-10-16;/h2-4,11,15,17H,5-10H2,1H3;1H/t15-,16-;/m0./s1. The van der Waals surface area contributed by atoms with Crippen LogP contribution in [0.4, 0.5) is 0 Å². The number of benzene rings is 1. The molecular formula is C16H22ClN. The first kappa shape index (κ1) is 12.5. The van der Waals surface area contributed by atoms with Crippen molar-refractivity contribution in [3.8, 4) is 0 Å². The van der Waals surface area contributed by atoms with Crippen molar-refractivity contribution in [2.24, 2.45) is 5.41 Å². The number of rotatable bonds is 1. The molecule has 2 aliphatic carbocycles. The Bertz CT molecular complexity index is 466. The van der Waals surface area contributed by atoms with Gasteiger partial charge in [-0.2, -0.15) is 0 Å². The first-order valence-corrected chi connectivity index (χ1v) is 7.10. The third kappa shape index (κ3) is 1.71. The quantitative estimate of drug-likeness (QED) is 0.816. The van der Waals surface area contributed by atoms with Crippen LogP contribution in [0.5, 0.6) is 0 Å². The zero-order valence-electron chi connectivity index (χ0n) is 11.0. The normalized spacial score (nSPS) is 33.5. The molecule has 0 spiro atoms. The second kappa shape index (κ2) is 4.25. The fourth-order valence-corrected chi connectivity index (χ4v) is 4.05. The van der Waals surface area contributed by atoms with Gasteiger partial charge in [0.05, 0.1) is 0 Å². The van der Waals surface area contributed by atoms with E-state index in [2.05, 4.69) is 30.4 Å². The largest absolute Gasteiger partial charge is 0.316 e. The fraction of sp³-hybridized carbons (Fsp3) is 0.625. The van der Waals surface area contributed by atoms with E-state index in [1.165, 1.54) is 38.8 Å². The summed E-state index contributed by atoms with van der Waals surface area (Å²) in [5, 5.41) is 3.61. The molecule has 1 aromatic carbocycles. The van der Waals surface area contributed by atoms with Gasteiger partial charge in [-0.15, -0.1) is 12.4 Å². The summed E-state index contributed by atoms with van der Waals surface area (Å²) in [5.41, 5.74) is 5.61. The number of nitrogens with one attached hydrogen (secondary N) is 1. The summed E-state index contributed by atoms with van der Waals surface area (Å²) >= 11 is 0. The van der Waals surface area contributed by atoms with E-state index in [-0.39, 0.29) is 12.4 Å². The van der Waals surface area contributed by atoms with Crippen molar-refractivity contribution in [1.82, 2.24) is 5.32 Å². The first-order valence-electron chi connectivity index (χ1n) is 7.10. The number of halogens is 1. The molecule has 1 saturated carbocycles. The maximum Gasteiger partial charge on any atom is 0.00323 e. The van der Waals surface area contributed by atoms with Crippen LogP contribution < -0.4 is 5.32 Å². The highest BCUT2D eigenvalue weighted by Gasteiger charge is 2.44. The van der Waals surface area contributed by atoms with Crippen molar-refractivity contribution in [2.45, 2.75) is 44.4 Å². The average molecular weight is 264 g/mol. The van der Waals surface area contributed by atoms with Gasteiger partial charge in [0.2, 0.25) is 0 Å². The van der Waals surface area contributed by atoms with Gasteiger partial charge in [0.25, 0.3) is 0 Å². The molecule has 2 heteroatoms. The van der Waals surface area contributed by atoms with Gasteiger partial charge in [0.1, 0.15) is 0 Å². The molecule has 1 heterocycles. The maximum atomic E-state index is 3.61. The zero-order chi connectivity index (χ0) is 11.5. The molecule has 1 saturated heterocycles. The lowest BCUT2D eigenvalue weighted by molar-refractivity contribution is 0.277. The Morgan fingerprint density at radius 3 is 2.78 bits per heavy atom. The van der Waals surface area contributed by atoms with Crippen LogP contribution in [0.25, 0.3) is 0 Å². The van der Waals surface area contributed by atoms with E-state index in [9.17, 15) is 0 Å². The fourth-order valence-electron chi connectivity index (χ4n) is 4.05. The van der Waals surface area contributed by atoms with E-state index in [1.807, 2.05) is 0 Å². The summed E-state index contributed by atoms with van der Waals surface area (Å²) < 4.78 is 0. The smallest absolute Gasteiger partial charge is 0.00323 e. The second-order valence-corrected chi connectivity index (χ2v) is 6.53. The molecule has 98 valence electrons. The zero-order valence-corrected chi connectivity index (χ0v) is 11.9. The van der Waals surface area contributed by atoms with Crippen LogP contribution in [0, 0.1) is 5.41 Å². The van der Waals surface area contributed by atoms with E-state index >= 15 is 0 Å². The Balaban J connectivity index is 0.000001000. The number of hydrogen-bond donors (Lipinski definition) is 1. The lowest BCUT2D eigenvalue weighted by Crippen LogP contribution is -2.30. The van der Waals surface area contributed by atoms with Crippen LogP contribution in [0.2, 0.25) is 0 Å². The lowest BCUT2D eigenvalue weighted by atomic mass is 9.66. The maximum absolute atomic E-state index is 3.61. The Kier molecular flexibility index (Phi) is 2.95. The molecule has 0 unspecified atom stereocenters. The van der Waals surface area contributed by atoms with Crippen LogP contribution in [0.1, 0.15) is 54.7 Å². The summed E-state index contributed by atoms with van der Waals surface area (Å²) in [6.45, 7) is 4.88. The van der Waals surface area contributed by atoms with Crippen LogP contribution >= 0.6 is 12.4 Å². The number of hydrogen-bond acceptors (Lipinski definition) is 1. The predicted molar refractivity (Wildman–Crippen MR) is 77.7 cm³/mol. The van der Waals surface area contributed by atoms with Gasteiger partial charge in [0.15, 0.2) is 0 Å². The van der Waals surface area contributed by atoms with Crippen molar-refractivity contribution in [1.29, 1.82) is 0 Å². The Morgan fingerprint density at radius 1 is 1.22 bits per heavy atom. The first-order chi connectivity index (χ1) is 8.28. The van der Waals surface area contributed by atoms with Crippen LogP contribution in [-0.4, -0.2) is 13.1 Å². The molecular weight excluding hydrogens is 242 g/mol. The van der Waals surface area contributed by atoms with Crippen molar-refractivity contribution in [3.05, 3.63) is 34.9 Å². The average Bonchev–Trinajstić information content (AvgIpc) is 3.10. The van der Waals surface area contributed by atoms with E-state index in [4.69, 9.17) is 0 Å². The Hall–Kier alpha value is -0.530. The summed E-state index contributed by atoms with van der Waals surface area (Å²) in [5.74, 6) is 1.67. The molecule has 2 atom stereocenters. The van der Waals surface area contributed by atoms with Gasteiger partial charge in [0, 0.05) is 19.0 Å². The number of fused-ring (bicyclic) bond motifs is 3. The van der Waals surface area contributed by atoms with Crippen molar-refractivity contribution in [3.63, 3.8) is 0 Å².